The molecule has 0 bridgehead atoms. The maximum Gasteiger partial charge on any atom is 0.315 e. The standard InChI is InChI=1S/C13H13BrO4S/c1-12(10(15)16)5-2-6-13(7-12,11(17)18)8-3-4-9(14)19-8/h2-5H,6-7H2,1H3,(H,15,16)(H,17,18). The molecule has 19 heavy (non-hydrogen) atoms. The predicted molar refractivity (Wildman–Crippen MR) is 75.4 cm³/mol. The maximum atomic E-state index is 11.8. The van der Waals surface area contributed by atoms with E-state index in [-0.39, 0.29) is 6.42 Å². The minimum atomic E-state index is -1.15. The molecule has 0 saturated heterocycles. The average molecular weight is 345 g/mol. The third kappa shape index (κ3) is 2.34. The van der Waals surface area contributed by atoms with Crippen molar-refractivity contribution in [1.82, 2.24) is 0 Å². The highest BCUT2D eigenvalue weighted by Crippen LogP contribution is 2.47. The summed E-state index contributed by atoms with van der Waals surface area (Å²) in [6, 6.07) is 3.55. The largest absolute Gasteiger partial charge is 0.481 e. The monoisotopic (exact) mass is 344 g/mol. The topological polar surface area (TPSA) is 74.6 Å². The zero-order chi connectivity index (χ0) is 14.3. The van der Waals surface area contributed by atoms with Crippen LogP contribution in [-0.2, 0) is 15.0 Å². The summed E-state index contributed by atoms with van der Waals surface area (Å²) >= 11 is 4.66. The van der Waals surface area contributed by atoms with Crippen molar-refractivity contribution in [3.05, 3.63) is 32.9 Å². The van der Waals surface area contributed by atoms with Crippen molar-refractivity contribution in [3.8, 4) is 0 Å². The molecule has 6 heteroatoms. The fourth-order valence-corrected chi connectivity index (χ4v) is 4.03. The Morgan fingerprint density at radius 1 is 1.32 bits per heavy atom. The molecule has 0 fully saturated rings. The molecule has 2 unspecified atom stereocenters. The van der Waals surface area contributed by atoms with Crippen LogP contribution in [0.4, 0.5) is 0 Å². The third-order valence-electron chi connectivity index (χ3n) is 3.56. The minimum absolute atomic E-state index is 0.0636. The van der Waals surface area contributed by atoms with Crippen LogP contribution in [0.3, 0.4) is 0 Å². The van der Waals surface area contributed by atoms with E-state index in [9.17, 15) is 19.8 Å². The van der Waals surface area contributed by atoms with Gasteiger partial charge in [0, 0.05) is 4.88 Å². The Morgan fingerprint density at radius 2 is 2.00 bits per heavy atom. The first kappa shape index (κ1) is 14.3. The second kappa shape index (κ2) is 4.76. The van der Waals surface area contributed by atoms with Crippen LogP contribution in [0, 0.1) is 5.41 Å². The van der Waals surface area contributed by atoms with E-state index in [0.717, 1.165) is 3.79 Å². The van der Waals surface area contributed by atoms with Gasteiger partial charge in [0.2, 0.25) is 0 Å². The highest BCUT2D eigenvalue weighted by molar-refractivity contribution is 9.11. The minimum Gasteiger partial charge on any atom is -0.481 e. The Hall–Kier alpha value is -1.14. The van der Waals surface area contributed by atoms with E-state index in [1.54, 1.807) is 31.2 Å². The first-order chi connectivity index (χ1) is 8.80. The summed E-state index contributed by atoms with van der Waals surface area (Å²) in [6.45, 7) is 1.56. The molecular formula is C13H13BrO4S. The Kier molecular flexibility index (Phi) is 3.57. The molecule has 2 N–H and O–H groups in total. The van der Waals surface area contributed by atoms with Gasteiger partial charge in [0.15, 0.2) is 0 Å². The van der Waals surface area contributed by atoms with Gasteiger partial charge in [-0.05, 0) is 47.8 Å². The van der Waals surface area contributed by atoms with Gasteiger partial charge in [0.05, 0.1) is 9.20 Å². The number of halogens is 1. The van der Waals surface area contributed by atoms with Crippen molar-refractivity contribution in [2.75, 3.05) is 0 Å². The summed E-state index contributed by atoms with van der Waals surface area (Å²) in [5.41, 5.74) is -2.30. The molecular weight excluding hydrogens is 332 g/mol. The molecule has 2 atom stereocenters. The van der Waals surface area contributed by atoms with Gasteiger partial charge in [0.1, 0.15) is 5.41 Å². The van der Waals surface area contributed by atoms with Crippen LogP contribution in [-0.4, -0.2) is 22.2 Å². The van der Waals surface area contributed by atoms with Crippen molar-refractivity contribution in [1.29, 1.82) is 0 Å². The lowest BCUT2D eigenvalue weighted by Gasteiger charge is -2.37. The summed E-state index contributed by atoms with van der Waals surface area (Å²) in [6.07, 6.45) is 3.64. The van der Waals surface area contributed by atoms with Gasteiger partial charge in [-0.2, -0.15) is 0 Å². The molecule has 1 aromatic rings. The molecule has 1 heterocycles. The van der Waals surface area contributed by atoms with Gasteiger partial charge < -0.3 is 10.2 Å². The summed E-state index contributed by atoms with van der Waals surface area (Å²) in [4.78, 5) is 23.8. The van der Waals surface area contributed by atoms with E-state index in [1.165, 1.54) is 11.3 Å². The number of carboxylic acid groups (broad SMARTS) is 2. The molecule has 0 amide bonds. The molecule has 1 aromatic heterocycles. The van der Waals surface area contributed by atoms with Crippen LogP contribution in [0.15, 0.2) is 28.1 Å². The second-order valence-corrected chi connectivity index (χ2v) is 7.46. The smallest absolute Gasteiger partial charge is 0.315 e. The van der Waals surface area contributed by atoms with Crippen LogP contribution in [0.2, 0.25) is 0 Å². The number of thiophene rings is 1. The predicted octanol–water partition coefficient (Wildman–Crippen LogP) is 3.27. The zero-order valence-electron chi connectivity index (χ0n) is 10.2. The van der Waals surface area contributed by atoms with Gasteiger partial charge in [-0.15, -0.1) is 11.3 Å². The molecule has 102 valence electrons. The molecule has 1 aliphatic carbocycles. The Bertz CT molecular complexity index is 565. The van der Waals surface area contributed by atoms with E-state index >= 15 is 0 Å². The van der Waals surface area contributed by atoms with Gasteiger partial charge >= 0.3 is 11.9 Å². The van der Waals surface area contributed by atoms with Crippen molar-refractivity contribution >= 4 is 39.2 Å². The molecule has 0 radical (unpaired) electrons. The van der Waals surface area contributed by atoms with Crippen molar-refractivity contribution in [3.63, 3.8) is 0 Å². The number of hydrogen-bond donors (Lipinski definition) is 2. The van der Waals surface area contributed by atoms with E-state index < -0.39 is 22.8 Å². The fraction of sp³-hybridized carbons (Fsp3) is 0.385. The number of carbonyl (C=O) groups is 2. The molecule has 0 spiro atoms. The fourth-order valence-electron chi connectivity index (χ4n) is 2.45. The Morgan fingerprint density at radius 3 is 2.47 bits per heavy atom. The highest BCUT2D eigenvalue weighted by atomic mass is 79.9. The summed E-state index contributed by atoms with van der Waals surface area (Å²) in [7, 11) is 0. The SMILES string of the molecule is CC1(C(=O)O)C=CCC(C(=O)O)(c2ccc(Br)s2)C1. The molecule has 0 aromatic carbocycles. The van der Waals surface area contributed by atoms with Crippen LogP contribution in [0.25, 0.3) is 0 Å². The first-order valence-electron chi connectivity index (χ1n) is 5.70. The first-order valence-corrected chi connectivity index (χ1v) is 7.31. The molecule has 2 rings (SSSR count). The van der Waals surface area contributed by atoms with Crippen LogP contribution in [0.5, 0.6) is 0 Å². The third-order valence-corrected chi connectivity index (χ3v) is 5.39. The molecule has 1 aliphatic rings. The van der Waals surface area contributed by atoms with Gasteiger partial charge in [0.25, 0.3) is 0 Å². The highest BCUT2D eigenvalue weighted by Gasteiger charge is 2.50. The van der Waals surface area contributed by atoms with E-state index in [4.69, 9.17) is 0 Å². The summed E-state index contributed by atoms with van der Waals surface area (Å²) in [5.74, 6) is -1.97. The van der Waals surface area contributed by atoms with Gasteiger partial charge in [-0.25, -0.2) is 0 Å². The van der Waals surface area contributed by atoms with E-state index in [0.29, 0.717) is 11.3 Å². The second-order valence-electron chi connectivity index (χ2n) is 5.00. The maximum absolute atomic E-state index is 11.8. The van der Waals surface area contributed by atoms with E-state index in [1.807, 2.05) is 0 Å². The van der Waals surface area contributed by atoms with Crippen LogP contribution < -0.4 is 0 Å². The Labute approximate surface area is 122 Å². The van der Waals surface area contributed by atoms with Crippen molar-refractivity contribution in [2.24, 2.45) is 5.41 Å². The number of hydrogen-bond acceptors (Lipinski definition) is 3. The lowest BCUT2D eigenvalue weighted by atomic mass is 9.65. The van der Waals surface area contributed by atoms with Crippen LogP contribution in [0.1, 0.15) is 24.6 Å². The average Bonchev–Trinajstić information content (AvgIpc) is 2.76. The summed E-state index contributed by atoms with van der Waals surface area (Å²) in [5, 5.41) is 18.9. The number of rotatable bonds is 3. The molecule has 0 aliphatic heterocycles. The number of aliphatic carboxylic acids is 2. The number of carboxylic acids is 2. The van der Waals surface area contributed by atoms with Gasteiger partial charge in [-0.1, -0.05) is 12.2 Å². The zero-order valence-corrected chi connectivity index (χ0v) is 12.6. The van der Waals surface area contributed by atoms with Gasteiger partial charge in [-0.3, -0.25) is 9.59 Å². The summed E-state index contributed by atoms with van der Waals surface area (Å²) < 4.78 is 0.842. The van der Waals surface area contributed by atoms with Crippen LogP contribution >= 0.6 is 27.3 Å². The normalized spacial score (nSPS) is 30.2. The lowest BCUT2D eigenvalue weighted by molar-refractivity contribution is -0.150. The van der Waals surface area contributed by atoms with E-state index in [2.05, 4.69) is 15.9 Å². The lowest BCUT2D eigenvalue weighted by Crippen LogP contribution is -2.44. The number of allylic oxidation sites excluding steroid dienone is 1. The Balaban J connectivity index is 2.51. The molecule has 4 nitrogen and oxygen atoms in total. The molecule has 0 saturated carbocycles. The quantitative estimate of drug-likeness (QED) is 0.825. The van der Waals surface area contributed by atoms with Crippen molar-refractivity contribution in [2.45, 2.75) is 25.2 Å². The van der Waals surface area contributed by atoms with Crippen molar-refractivity contribution < 1.29 is 19.8 Å².